The summed E-state index contributed by atoms with van der Waals surface area (Å²) < 4.78 is 12.7. The standard InChI is InChI=1S/C9H9FN2/c10-9-3-8(5-12-6-9)7-1-2-11-4-7/h1,3,5-6,11H,2,4H2. The molecule has 0 saturated heterocycles. The van der Waals surface area contributed by atoms with Gasteiger partial charge in [-0.05, 0) is 17.2 Å². The average molecular weight is 164 g/mol. The summed E-state index contributed by atoms with van der Waals surface area (Å²) in [6.07, 6.45) is 4.95. The normalized spacial score (nSPS) is 16.2. The van der Waals surface area contributed by atoms with Crippen molar-refractivity contribution in [3.63, 3.8) is 0 Å². The van der Waals surface area contributed by atoms with E-state index in [-0.39, 0.29) is 5.82 Å². The van der Waals surface area contributed by atoms with Gasteiger partial charge in [0.25, 0.3) is 0 Å². The van der Waals surface area contributed by atoms with Gasteiger partial charge in [0.05, 0.1) is 6.20 Å². The molecule has 0 unspecified atom stereocenters. The highest BCUT2D eigenvalue weighted by atomic mass is 19.1. The quantitative estimate of drug-likeness (QED) is 0.674. The summed E-state index contributed by atoms with van der Waals surface area (Å²) in [4.78, 5) is 3.79. The predicted octanol–water partition coefficient (Wildman–Crippen LogP) is 1.21. The second kappa shape index (κ2) is 3.03. The Morgan fingerprint density at radius 3 is 3.00 bits per heavy atom. The Morgan fingerprint density at radius 2 is 2.33 bits per heavy atom. The van der Waals surface area contributed by atoms with Gasteiger partial charge in [0, 0.05) is 19.3 Å². The molecule has 12 heavy (non-hydrogen) atoms. The predicted molar refractivity (Wildman–Crippen MR) is 45.0 cm³/mol. The van der Waals surface area contributed by atoms with Crippen LogP contribution in [-0.4, -0.2) is 18.1 Å². The van der Waals surface area contributed by atoms with Crippen LogP contribution in [0.25, 0.3) is 5.57 Å². The maximum absolute atomic E-state index is 12.7. The van der Waals surface area contributed by atoms with Crippen molar-refractivity contribution in [1.82, 2.24) is 10.3 Å². The first-order chi connectivity index (χ1) is 5.86. The molecular weight excluding hydrogens is 155 g/mol. The highest BCUT2D eigenvalue weighted by Gasteiger charge is 2.06. The Balaban J connectivity index is 2.33. The van der Waals surface area contributed by atoms with Gasteiger partial charge in [-0.1, -0.05) is 6.08 Å². The molecule has 0 aliphatic carbocycles. The molecule has 2 nitrogen and oxygen atoms in total. The van der Waals surface area contributed by atoms with Crippen LogP contribution in [0.4, 0.5) is 4.39 Å². The highest BCUT2D eigenvalue weighted by Crippen LogP contribution is 2.15. The van der Waals surface area contributed by atoms with Crippen molar-refractivity contribution >= 4 is 5.57 Å². The topological polar surface area (TPSA) is 24.9 Å². The second-order valence-electron chi connectivity index (χ2n) is 2.75. The van der Waals surface area contributed by atoms with Gasteiger partial charge in [0.2, 0.25) is 0 Å². The van der Waals surface area contributed by atoms with Gasteiger partial charge in [-0.15, -0.1) is 0 Å². The number of nitrogens with one attached hydrogen (secondary N) is 1. The van der Waals surface area contributed by atoms with Gasteiger partial charge in [0.1, 0.15) is 5.82 Å². The van der Waals surface area contributed by atoms with E-state index in [0.717, 1.165) is 24.2 Å². The Morgan fingerprint density at radius 1 is 1.42 bits per heavy atom. The first-order valence-corrected chi connectivity index (χ1v) is 3.87. The third-order valence-corrected chi connectivity index (χ3v) is 1.88. The van der Waals surface area contributed by atoms with E-state index < -0.39 is 0 Å². The molecule has 1 N–H and O–H groups in total. The molecule has 0 amide bonds. The Hall–Kier alpha value is -1.22. The minimum absolute atomic E-state index is 0.277. The molecule has 62 valence electrons. The van der Waals surface area contributed by atoms with Crippen molar-refractivity contribution in [3.05, 3.63) is 35.9 Å². The lowest BCUT2D eigenvalue weighted by Crippen LogP contribution is -2.07. The van der Waals surface area contributed by atoms with Crippen LogP contribution < -0.4 is 5.32 Å². The molecule has 0 saturated carbocycles. The maximum atomic E-state index is 12.7. The molecule has 1 aromatic rings. The van der Waals surface area contributed by atoms with Gasteiger partial charge in [-0.3, -0.25) is 4.98 Å². The minimum atomic E-state index is -0.277. The van der Waals surface area contributed by atoms with Gasteiger partial charge in [0.15, 0.2) is 0 Å². The summed E-state index contributed by atoms with van der Waals surface area (Å²) >= 11 is 0. The van der Waals surface area contributed by atoms with Crippen molar-refractivity contribution < 1.29 is 4.39 Å². The lowest BCUT2D eigenvalue weighted by atomic mass is 10.1. The number of hydrogen-bond acceptors (Lipinski definition) is 2. The molecule has 0 spiro atoms. The van der Waals surface area contributed by atoms with Crippen LogP contribution in [0.1, 0.15) is 5.56 Å². The molecule has 2 heterocycles. The van der Waals surface area contributed by atoms with Crippen molar-refractivity contribution in [2.24, 2.45) is 0 Å². The molecule has 0 radical (unpaired) electrons. The molecule has 1 aliphatic heterocycles. The molecule has 0 bridgehead atoms. The lowest BCUT2D eigenvalue weighted by Gasteiger charge is -1.99. The number of hydrogen-bond donors (Lipinski definition) is 1. The Bertz CT molecular complexity index is 320. The van der Waals surface area contributed by atoms with E-state index in [1.54, 1.807) is 6.20 Å². The molecule has 0 fully saturated rings. The smallest absolute Gasteiger partial charge is 0.142 e. The van der Waals surface area contributed by atoms with Crippen molar-refractivity contribution in [2.45, 2.75) is 0 Å². The summed E-state index contributed by atoms with van der Waals surface area (Å²) in [6, 6.07) is 1.51. The van der Waals surface area contributed by atoms with Gasteiger partial charge in [-0.25, -0.2) is 4.39 Å². The largest absolute Gasteiger partial charge is 0.309 e. The summed E-state index contributed by atoms with van der Waals surface area (Å²) in [7, 11) is 0. The average Bonchev–Trinajstić information content (AvgIpc) is 2.56. The maximum Gasteiger partial charge on any atom is 0.142 e. The van der Waals surface area contributed by atoms with E-state index in [1.807, 2.05) is 0 Å². The molecule has 2 rings (SSSR count). The number of halogens is 1. The van der Waals surface area contributed by atoms with E-state index in [1.165, 1.54) is 12.3 Å². The van der Waals surface area contributed by atoms with Crippen LogP contribution in [0, 0.1) is 5.82 Å². The van der Waals surface area contributed by atoms with Gasteiger partial charge >= 0.3 is 0 Å². The molecule has 0 atom stereocenters. The van der Waals surface area contributed by atoms with Crippen LogP contribution in [-0.2, 0) is 0 Å². The molecule has 1 aliphatic rings. The Labute approximate surface area is 70.1 Å². The monoisotopic (exact) mass is 164 g/mol. The molecule has 3 heteroatoms. The van der Waals surface area contributed by atoms with E-state index in [0.29, 0.717) is 0 Å². The first-order valence-electron chi connectivity index (χ1n) is 3.87. The highest BCUT2D eigenvalue weighted by molar-refractivity contribution is 5.68. The Kier molecular flexibility index (Phi) is 1.87. The SMILES string of the molecule is Fc1cncc(C2=CCNC2)c1. The van der Waals surface area contributed by atoms with Gasteiger partial charge in [-0.2, -0.15) is 0 Å². The minimum Gasteiger partial charge on any atom is -0.309 e. The van der Waals surface area contributed by atoms with Gasteiger partial charge < -0.3 is 5.32 Å². The first kappa shape index (κ1) is 7.43. The zero-order chi connectivity index (χ0) is 8.39. The van der Waals surface area contributed by atoms with Crippen molar-refractivity contribution in [1.29, 1.82) is 0 Å². The zero-order valence-electron chi connectivity index (χ0n) is 6.55. The summed E-state index contributed by atoms with van der Waals surface area (Å²) in [5.74, 6) is -0.277. The summed E-state index contributed by atoms with van der Waals surface area (Å²) in [5.41, 5.74) is 2.00. The fraction of sp³-hybridized carbons (Fsp3) is 0.222. The number of rotatable bonds is 1. The zero-order valence-corrected chi connectivity index (χ0v) is 6.55. The van der Waals surface area contributed by atoms with Crippen LogP contribution in [0.5, 0.6) is 0 Å². The fourth-order valence-electron chi connectivity index (χ4n) is 1.28. The lowest BCUT2D eigenvalue weighted by molar-refractivity contribution is 0.620. The second-order valence-corrected chi connectivity index (χ2v) is 2.75. The molecular formula is C9H9FN2. The van der Waals surface area contributed by atoms with E-state index in [2.05, 4.69) is 16.4 Å². The fourth-order valence-corrected chi connectivity index (χ4v) is 1.28. The van der Waals surface area contributed by atoms with Crippen molar-refractivity contribution in [3.8, 4) is 0 Å². The molecule has 1 aromatic heterocycles. The van der Waals surface area contributed by atoms with Crippen molar-refractivity contribution in [2.75, 3.05) is 13.1 Å². The van der Waals surface area contributed by atoms with E-state index in [4.69, 9.17) is 0 Å². The van der Waals surface area contributed by atoms with Crippen LogP contribution >= 0.6 is 0 Å². The van der Waals surface area contributed by atoms with E-state index in [9.17, 15) is 4.39 Å². The van der Waals surface area contributed by atoms with E-state index >= 15 is 0 Å². The third-order valence-electron chi connectivity index (χ3n) is 1.88. The molecule has 0 aromatic carbocycles. The number of pyridine rings is 1. The summed E-state index contributed by atoms with van der Waals surface area (Å²) in [6.45, 7) is 1.68. The van der Waals surface area contributed by atoms with Crippen LogP contribution in [0.15, 0.2) is 24.5 Å². The number of nitrogens with zero attached hydrogens (tertiary/aromatic N) is 1. The number of aromatic nitrogens is 1. The van der Waals surface area contributed by atoms with Crippen LogP contribution in [0.3, 0.4) is 0 Å². The summed E-state index contributed by atoms with van der Waals surface area (Å²) in [5, 5.41) is 3.15. The van der Waals surface area contributed by atoms with Crippen LogP contribution in [0.2, 0.25) is 0 Å². The third kappa shape index (κ3) is 1.36.